The molecule has 0 radical (unpaired) electrons. The fraction of sp³-hybridized carbons (Fsp3) is 0.733. The lowest BCUT2D eigenvalue weighted by atomic mass is 9.57. The third-order valence-electron chi connectivity index (χ3n) is 4.19. The van der Waals surface area contributed by atoms with Crippen molar-refractivity contribution in [1.29, 1.82) is 0 Å². The Morgan fingerprint density at radius 3 is 1.76 bits per heavy atom. The lowest BCUT2D eigenvalue weighted by Crippen LogP contribution is -2.59. The fourth-order valence-electron chi connectivity index (χ4n) is 2.77. The molecule has 1 rings (SSSR count). The number of hydrogen-bond acceptors (Lipinski definition) is 4. The molecule has 0 aromatic rings. The number of alkyl halides is 2. The lowest BCUT2D eigenvalue weighted by molar-refractivity contribution is -0.162. The Labute approximate surface area is 122 Å². The first-order valence-electron chi connectivity index (χ1n) is 6.80. The predicted molar refractivity (Wildman–Crippen MR) is 70.9 cm³/mol. The lowest BCUT2D eigenvalue weighted by Gasteiger charge is -2.40. The van der Waals surface area contributed by atoms with Crippen LogP contribution >= 0.6 is 0 Å². The molecule has 0 N–H and O–H groups in total. The summed E-state index contributed by atoms with van der Waals surface area (Å²) in [5.41, 5.74) is -2.94. The molecule has 1 aliphatic rings. The minimum Gasteiger partial charge on any atom is -0.298 e. The zero-order chi connectivity index (χ0) is 16.7. The van der Waals surface area contributed by atoms with E-state index in [4.69, 9.17) is 0 Å². The van der Waals surface area contributed by atoms with Crippen LogP contribution in [0.15, 0.2) is 0 Å². The van der Waals surface area contributed by atoms with Gasteiger partial charge in [0.1, 0.15) is 5.92 Å². The number of rotatable bonds is 4. The van der Waals surface area contributed by atoms with Crippen LogP contribution in [0.5, 0.6) is 0 Å². The van der Waals surface area contributed by atoms with Gasteiger partial charge in [-0.05, 0) is 27.7 Å². The maximum Gasteiger partial charge on any atom is 0.239 e. The maximum atomic E-state index is 12.4. The highest BCUT2D eigenvalue weighted by atomic mass is 19.3. The minimum atomic E-state index is -2.69. The van der Waals surface area contributed by atoms with Gasteiger partial charge in [-0.3, -0.25) is 19.2 Å². The molecule has 1 fully saturated rings. The summed E-state index contributed by atoms with van der Waals surface area (Å²) in [6.07, 6.45) is -3.40. The third-order valence-corrected chi connectivity index (χ3v) is 4.19. The quantitative estimate of drug-likeness (QED) is 0.747. The molecule has 1 atom stereocenters. The van der Waals surface area contributed by atoms with Crippen molar-refractivity contribution in [3.8, 4) is 0 Å². The zero-order valence-electron chi connectivity index (χ0n) is 12.8. The summed E-state index contributed by atoms with van der Waals surface area (Å²) in [4.78, 5) is 49.2. The van der Waals surface area contributed by atoms with E-state index in [-0.39, 0.29) is 0 Å². The highest BCUT2D eigenvalue weighted by Crippen LogP contribution is 2.42. The largest absolute Gasteiger partial charge is 0.298 e. The molecular weight excluding hydrogens is 282 g/mol. The molecule has 4 nitrogen and oxygen atoms in total. The summed E-state index contributed by atoms with van der Waals surface area (Å²) < 4.78 is 24.8. The molecule has 0 amide bonds. The Hall–Kier alpha value is -1.46. The molecule has 1 aliphatic carbocycles. The molecule has 118 valence electrons. The van der Waals surface area contributed by atoms with Crippen molar-refractivity contribution in [3.05, 3.63) is 0 Å². The molecule has 21 heavy (non-hydrogen) atoms. The van der Waals surface area contributed by atoms with Gasteiger partial charge >= 0.3 is 0 Å². The summed E-state index contributed by atoms with van der Waals surface area (Å²) in [5, 5.41) is 0. The van der Waals surface area contributed by atoms with Crippen LogP contribution in [-0.2, 0) is 19.2 Å². The summed E-state index contributed by atoms with van der Waals surface area (Å²) >= 11 is 0. The van der Waals surface area contributed by atoms with Crippen LogP contribution < -0.4 is 0 Å². The van der Waals surface area contributed by atoms with Crippen LogP contribution in [0.1, 0.15) is 41.0 Å². The second-order valence-corrected chi connectivity index (χ2v) is 6.67. The number of halogens is 2. The molecule has 0 saturated heterocycles. The van der Waals surface area contributed by atoms with Gasteiger partial charge in [-0.25, -0.2) is 8.78 Å². The molecule has 0 aromatic heterocycles. The van der Waals surface area contributed by atoms with Gasteiger partial charge < -0.3 is 0 Å². The van der Waals surface area contributed by atoms with Crippen LogP contribution in [0.25, 0.3) is 0 Å². The first kappa shape index (κ1) is 17.6. The average Bonchev–Trinajstić information content (AvgIpc) is 2.35. The summed E-state index contributed by atoms with van der Waals surface area (Å²) in [6.45, 7) is 6.73. The number of hydrogen-bond donors (Lipinski definition) is 0. The second kappa shape index (κ2) is 5.39. The number of Topliss-reactive ketones (excluding diaryl/α,β-unsaturated/α-hetero) is 4. The van der Waals surface area contributed by atoms with E-state index in [1.165, 1.54) is 34.6 Å². The standard InChI is InChI=1S/C15H20F2O4/c1-7(6-8(16)17)10(18)9-11(19)14(2,3)13(21)15(4,5)12(9)20/h7-9H,6H2,1-5H3. The highest BCUT2D eigenvalue weighted by Gasteiger charge is 2.60. The van der Waals surface area contributed by atoms with Crippen molar-refractivity contribution in [2.45, 2.75) is 47.5 Å². The van der Waals surface area contributed by atoms with Gasteiger partial charge in [0.15, 0.2) is 23.1 Å². The van der Waals surface area contributed by atoms with Crippen LogP contribution in [-0.4, -0.2) is 29.6 Å². The molecule has 0 aromatic carbocycles. The smallest absolute Gasteiger partial charge is 0.239 e. The van der Waals surface area contributed by atoms with Crippen LogP contribution in [0, 0.1) is 22.7 Å². The molecule has 0 bridgehead atoms. The van der Waals surface area contributed by atoms with E-state index in [2.05, 4.69) is 0 Å². The van der Waals surface area contributed by atoms with E-state index in [0.717, 1.165) is 0 Å². The van der Waals surface area contributed by atoms with Gasteiger partial charge in [0.2, 0.25) is 6.43 Å². The van der Waals surface area contributed by atoms with Crippen LogP contribution in [0.4, 0.5) is 8.78 Å². The van der Waals surface area contributed by atoms with Crippen molar-refractivity contribution in [2.75, 3.05) is 0 Å². The Morgan fingerprint density at radius 2 is 1.43 bits per heavy atom. The predicted octanol–water partition coefficient (Wildman–Crippen LogP) is 2.24. The molecule has 6 heteroatoms. The average molecular weight is 302 g/mol. The monoisotopic (exact) mass is 302 g/mol. The van der Waals surface area contributed by atoms with E-state index < -0.39 is 58.6 Å². The van der Waals surface area contributed by atoms with Gasteiger partial charge in [0.05, 0.1) is 10.8 Å². The van der Waals surface area contributed by atoms with Crippen LogP contribution in [0.3, 0.4) is 0 Å². The van der Waals surface area contributed by atoms with Gasteiger partial charge in [0, 0.05) is 12.3 Å². The first-order chi connectivity index (χ1) is 9.35. The Morgan fingerprint density at radius 1 is 1.05 bits per heavy atom. The van der Waals surface area contributed by atoms with Crippen molar-refractivity contribution < 1.29 is 28.0 Å². The van der Waals surface area contributed by atoms with Gasteiger partial charge in [-0.15, -0.1) is 0 Å². The van der Waals surface area contributed by atoms with Crippen molar-refractivity contribution in [3.63, 3.8) is 0 Å². The molecule has 0 aliphatic heterocycles. The molecular formula is C15H20F2O4. The van der Waals surface area contributed by atoms with Gasteiger partial charge in [-0.2, -0.15) is 0 Å². The molecule has 1 saturated carbocycles. The number of carbonyl (C=O) groups is 4. The van der Waals surface area contributed by atoms with Gasteiger partial charge in [0.25, 0.3) is 0 Å². The summed E-state index contributed by atoms with van der Waals surface area (Å²) in [7, 11) is 0. The fourth-order valence-corrected chi connectivity index (χ4v) is 2.77. The van der Waals surface area contributed by atoms with E-state index in [0.29, 0.717) is 0 Å². The number of ketones is 4. The number of carbonyl (C=O) groups excluding carboxylic acids is 4. The van der Waals surface area contributed by atoms with Crippen molar-refractivity contribution in [1.82, 2.24) is 0 Å². The Balaban J connectivity index is 3.22. The third kappa shape index (κ3) is 2.80. The van der Waals surface area contributed by atoms with Crippen molar-refractivity contribution >= 4 is 23.1 Å². The molecule has 0 spiro atoms. The van der Waals surface area contributed by atoms with E-state index >= 15 is 0 Å². The first-order valence-corrected chi connectivity index (χ1v) is 6.80. The molecule has 1 unspecified atom stereocenters. The second-order valence-electron chi connectivity index (χ2n) is 6.67. The molecule has 0 heterocycles. The minimum absolute atomic E-state index is 0.546. The van der Waals surface area contributed by atoms with E-state index in [1.807, 2.05) is 0 Å². The summed E-state index contributed by atoms with van der Waals surface area (Å²) in [6, 6.07) is 0. The Kier molecular flexibility index (Phi) is 4.51. The van der Waals surface area contributed by atoms with Gasteiger partial charge in [-0.1, -0.05) is 6.92 Å². The Bertz CT molecular complexity index is 476. The SMILES string of the molecule is CC(CC(F)F)C(=O)C1C(=O)C(C)(C)C(=O)C(C)(C)C1=O. The summed E-state index contributed by atoms with van der Waals surface area (Å²) in [5.74, 6) is -5.68. The van der Waals surface area contributed by atoms with Crippen LogP contribution in [0.2, 0.25) is 0 Å². The topological polar surface area (TPSA) is 68.3 Å². The van der Waals surface area contributed by atoms with E-state index in [1.54, 1.807) is 0 Å². The normalized spacial score (nSPS) is 23.5. The highest BCUT2D eigenvalue weighted by molar-refractivity contribution is 6.35. The van der Waals surface area contributed by atoms with Crippen molar-refractivity contribution in [2.24, 2.45) is 22.7 Å². The zero-order valence-corrected chi connectivity index (χ0v) is 12.8. The maximum absolute atomic E-state index is 12.4. The van der Waals surface area contributed by atoms with E-state index in [9.17, 15) is 28.0 Å².